The Morgan fingerprint density at radius 1 is 0.738 bits per heavy atom. The average Bonchev–Trinajstić information content (AvgIpc) is 3.07. The Balaban J connectivity index is 1.55. The highest BCUT2D eigenvalue weighted by atomic mass is 35.5. The number of halogens is 1. The summed E-state index contributed by atoms with van der Waals surface area (Å²) in [4.78, 5) is 21.8. The van der Waals surface area contributed by atoms with Crippen molar-refractivity contribution in [3.63, 3.8) is 0 Å². The summed E-state index contributed by atoms with van der Waals surface area (Å²) in [5.41, 5.74) is 5.41. The van der Waals surface area contributed by atoms with Crippen molar-refractivity contribution in [2.45, 2.75) is 25.4 Å². The molecule has 0 bridgehead atoms. The molecule has 0 fully saturated rings. The number of amides is 1. The van der Waals surface area contributed by atoms with Gasteiger partial charge in [-0.1, -0.05) is 78.3 Å². The SMILES string of the molecule is CC1(Cc2ccccc2-c2ccccc2)N=C(c2ccc(O)cc2)c2cc(Cl)ccc2N(Cc2cccc(O)c2)C1=O. The largest absolute Gasteiger partial charge is 0.508 e. The lowest BCUT2D eigenvalue weighted by Crippen LogP contribution is -2.47. The summed E-state index contributed by atoms with van der Waals surface area (Å²) >= 11 is 6.53. The summed E-state index contributed by atoms with van der Waals surface area (Å²) in [5.74, 6) is 0.0955. The van der Waals surface area contributed by atoms with Crippen LogP contribution in [0.4, 0.5) is 5.69 Å². The highest BCUT2D eigenvalue weighted by molar-refractivity contribution is 6.32. The molecular formula is C36H29ClN2O3. The quantitative estimate of drug-likeness (QED) is 0.218. The van der Waals surface area contributed by atoms with Crippen molar-refractivity contribution in [1.29, 1.82) is 0 Å². The topological polar surface area (TPSA) is 73.1 Å². The van der Waals surface area contributed by atoms with E-state index in [1.165, 1.54) is 0 Å². The van der Waals surface area contributed by atoms with E-state index in [2.05, 4.69) is 18.2 Å². The molecule has 42 heavy (non-hydrogen) atoms. The third-order valence-corrected chi connectivity index (χ3v) is 7.83. The Bertz CT molecular complexity index is 1800. The molecule has 1 heterocycles. The molecule has 6 heteroatoms. The molecule has 0 spiro atoms. The van der Waals surface area contributed by atoms with Crippen LogP contribution >= 0.6 is 11.6 Å². The fraction of sp³-hybridized carbons (Fsp3) is 0.111. The number of fused-ring (bicyclic) bond motifs is 1. The van der Waals surface area contributed by atoms with Crippen molar-refractivity contribution in [3.8, 4) is 22.6 Å². The van der Waals surface area contributed by atoms with Gasteiger partial charge in [0.2, 0.25) is 0 Å². The maximum absolute atomic E-state index is 14.8. The lowest BCUT2D eigenvalue weighted by molar-refractivity contribution is -0.123. The molecule has 1 aliphatic heterocycles. The molecule has 1 unspecified atom stereocenters. The van der Waals surface area contributed by atoms with Crippen molar-refractivity contribution in [1.82, 2.24) is 0 Å². The van der Waals surface area contributed by atoms with Crippen LogP contribution in [-0.4, -0.2) is 27.4 Å². The Morgan fingerprint density at radius 2 is 1.48 bits per heavy atom. The number of benzene rings is 5. The molecule has 5 aromatic carbocycles. The van der Waals surface area contributed by atoms with Gasteiger partial charge in [-0.15, -0.1) is 0 Å². The van der Waals surface area contributed by atoms with Crippen LogP contribution in [0, 0.1) is 0 Å². The third-order valence-electron chi connectivity index (χ3n) is 7.60. The minimum absolute atomic E-state index is 0.131. The zero-order valence-corrected chi connectivity index (χ0v) is 23.8. The molecule has 0 aromatic heterocycles. The number of phenols is 2. The number of carbonyl (C=O) groups is 1. The highest BCUT2D eigenvalue weighted by Crippen LogP contribution is 2.38. The number of anilines is 1. The molecule has 208 valence electrons. The fourth-order valence-electron chi connectivity index (χ4n) is 5.58. The van der Waals surface area contributed by atoms with Crippen molar-refractivity contribution in [2.75, 3.05) is 4.90 Å². The molecule has 1 aliphatic rings. The molecule has 5 aromatic rings. The number of phenolic OH excluding ortho intramolecular Hbond substituents is 2. The van der Waals surface area contributed by atoms with E-state index in [9.17, 15) is 15.0 Å². The van der Waals surface area contributed by atoms with Crippen LogP contribution in [0.5, 0.6) is 11.5 Å². The van der Waals surface area contributed by atoms with Gasteiger partial charge in [-0.25, -0.2) is 0 Å². The molecule has 0 radical (unpaired) electrons. The maximum Gasteiger partial charge on any atom is 0.255 e. The van der Waals surface area contributed by atoms with E-state index in [0.29, 0.717) is 28.4 Å². The number of benzodiazepines with no additional fused rings is 1. The first-order valence-corrected chi connectivity index (χ1v) is 14.1. The minimum Gasteiger partial charge on any atom is -0.508 e. The molecule has 1 atom stereocenters. The first kappa shape index (κ1) is 27.3. The number of hydrogen-bond donors (Lipinski definition) is 2. The molecule has 5 nitrogen and oxygen atoms in total. The molecule has 1 amide bonds. The van der Waals surface area contributed by atoms with E-state index >= 15 is 0 Å². The van der Waals surface area contributed by atoms with E-state index in [1.54, 1.807) is 53.4 Å². The lowest BCUT2D eigenvalue weighted by atomic mass is 9.87. The number of aliphatic imine (C=N–C) groups is 1. The Hall–Kier alpha value is -4.87. The number of carbonyl (C=O) groups excluding carboxylic acids is 1. The summed E-state index contributed by atoms with van der Waals surface area (Å²) in [6.45, 7) is 2.11. The van der Waals surface area contributed by atoms with Crippen LogP contribution in [0.15, 0.2) is 126 Å². The Labute approximate surface area is 250 Å². The van der Waals surface area contributed by atoms with Crippen LogP contribution in [-0.2, 0) is 17.8 Å². The van der Waals surface area contributed by atoms with Gasteiger partial charge in [0.05, 0.1) is 17.9 Å². The van der Waals surface area contributed by atoms with E-state index in [-0.39, 0.29) is 24.0 Å². The number of hydrogen-bond acceptors (Lipinski definition) is 4. The molecule has 6 rings (SSSR count). The van der Waals surface area contributed by atoms with Crippen LogP contribution in [0.3, 0.4) is 0 Å². The highest BCUT2D eigenvalue weighted by Gasteiger charge is 2.42. The van der Waals surface area contributed by atoms with E-state index in [0.717, 1.165) is 27.8 Å². The summed E-state index contributed by atoms with van der Waals surface area (Å²) in [5, 5.41) is 20.7. The number of rotatable bonds is 6. The van der Waals surface area contributed by atoms with Gasteiger partial charge < -0.3 is 15.1 Å². The van der Waals surface area contributed by atoms with Crippen LogP contribution in [0.2, 0.25) is 5.02 Å². The van der Waals surface area contributed by atoms with Gasteiger partial charge in [-0.3, -0.25) is 9.79 Å². The molecule has 0 aliphatic carbocycles. The molecule has 2 N–H and O–H groups in total. The van der Waals surface area contributed by atoms with Crippen molar-refractivity contribution in [2.24, 2.45) is 4.99 Å². The predicted octanol–water partition coefficient (Wildman–Crippen LogP) is 7.80. The van der Waals surface area contributed by atoms with Crippen molar-refractivity contribution < 1.29 is 15.0 Å². The van der Waals surface area contributed by atoms with Gasteiger partial charge in [0.25, 0.3) is 5.91 Å². The summed E-state index contributed by atoms with van der Waals surface area (Å²) in [6.07, 6.45) is 0.344. The standard InChI is InChI=1S/C36H29ClN2O3/c1-36(22-27-11-5-6-13-31(27)25-9-3-2-4-10-25)35(42)39(23-24-8-7-12-30(41)20-24)33-19-16-28(37)21-32(33)34(38-36)26-14-17-29(40)18-15-26/h2-21,40-41H,22-23H2,1H3. The first-order valence-electron chi connectivity index (χ1n) is 13.7. The zero-order chi connectivity index (χ0) is 29.3. The normalized spacial score (nSPS) is 16.5. The molecular weight excluding hydrogens is 544 g/mol. The van der Waals surface area contributed by atoms with Crippen molar-refractivity contribution >= 4 is 28.9 Å². The Morgan fingerprint density at radius 3 is 2.24 bits per heavy atom. The zero-order valence-electron chi connectivity index (χ0n) is 23.0. The van der Waals surface area contributed by atoms with E-state index < -0.39 is 5.54 Å². The molecule has 0 saturated carbocycles. The lowest BCUT2D eigenvalue weighted by Gasteiger charge is -2.31. The van der Waals surface area contributed by atoms with E-state index in [1.807, 2.05) is 61.5 Å². The summed E-state index contributed by atoms with van der Waals surface area (Å²) in [7, 11) is 0. The summed E-state index contributed by atoms with van der Waals surface area (Å²) in [6, 6.07) is 37.4. The van der Waals surface area contributed by atoms with Gasteiger partial charge in [0, 0.05) is 22.6 Å². The smallest absolute Gasteiger partial charge is 0.255 e. The van der Waals surface area contributed by atoms with Gasteiger partial charge in [0.1, 0.15) is 17.0 Å². The number of nitrogens with zero attached hydrogens (tertiary/aromatic N) is 2. The number of aromatic hydroxyl groups is 2. The van der Waals surface area contributed by atoms with Crippen LogP contribution < -0.4 is 4.90 Å². The Kier molecular flexibility index (Phi) is 7.27. The first-order chi connectivity index (χ1) is 20.3. The maximum atomic E-state index is 14.8. The monoisotopic (exact) mass is 572 g/mol. The van der Waals surface area contributed by atoms with Gasteiger partial charge in [-0.2, -0.15) is 0 Å². The second-order valence-electron chi connectivity index (χ2n) is 10.7. The molecule has 0 saturated heterocycles. The van der Waals surface area contributed by atoms with Gasteiger partial charge in [0.15, 0.2) is 0 Å². The average molecular weight is 573 g/mol. The van der Waals surface area contributed by atoms with Crippen LogP contribution in [0.25, 0.3) is 11.1 Å². The van der Waals surface area contributed by atoms with Crippen molar-refractivity contribution in [3.05, 3.63) is 149 Å². The second-order valence-corrected chi connectivity index (χ2v) is 11.1. The van der Waals surface area contributed by atoms with Gasteiger partial charge >= 0.3 is 0 Å². The fourth-order valence-corrected chi connectivity index (χ4v) is 5.75. The van der Waals surface area contributed by atoms with Crippen LogP contribution in [0.1, 0.15) is 29.2 Å². The third kappa shape index (κ3) is 5.39. The minimum atomic E-state index is -1.21. The van der Waals surface area contributed by atoms with Gasteiger partial charge in [-0.05, 0) is 83.8 Å². The van der Waals surface area contributed by atoms with E-state index in [4.69, 9.17) is 16.6 Å². The second kappa shape index (κ2) is 11.2. The summed E-state index contributed by atoms with van der Waals surface area (Å²) < 4.78 is 0. The predicted molar refractivity (Wildman–Crippen MR) is 168 cm³/mol.